The van der Waals surface area contributed by atoms with Crippen molar-refractivity contribution in [1.82, 2.24) is 20.3 Å². The predicted octanol–water partition coefficient (Wildman–Crippen LogP) is 0.671. The zero-order valence-electron chi connectivity index (χ0n) is 21.9. The quantitative estimate of drug-likeness (QED) is 0.154. The van der Waals surface area contributed by atoms with Crippen molar-refractivity contribution < 1.29 is 23.1 Å². The van der Waals surface area contributed by atoms with Crippen LogP contribution < -0.4 is 21.1 Å². The molecular weight excluding hydrogens is 520 g/mol. The molecule has 1 unspecified atom stereocenters. The molecule has 1 saturated heterocycles. The molecule has 12 heteroatoms. The van der Waals surface area contributed by atoms with E-state index in [1.165, 1.54) is 12.1 Å². The first-order valence-electron chi connectivity index (χ1n) is 13.5. The van der Waals surface area contributed by atoms with Gasteiger partial charge in [0.25, 0.3) is 0 Å². The Balaban J connectivity index is 1.57. The molecule has 2 aromatic rings. The van der Waals surface area contributed by atoms with E-state index in [9.17, 15) is 23.1 Å². The number of piperidine rings is 1. The minimum atomic E-state index is -4.17. The van der Waals surface area contributed by atoms with Crippen LogP contribution in [0.3, 0.4) is 0 Å². The lowest BCUT2D eigenvalue weighted by Gasteiger charge is -2.31. The summed E-state index contributed by atoms with van der Waals surface area (Å²) in [6.07, 6.45) is 3.14. The molecule has 2 aliphatic rings. The topological polar surface area (TPSA) is 178 Å². The van der Waals surface area contributed by atoms with Gasteiger partial charge in [0, 0.05) is 25.7 Å². The molecule has 0 aromatic heterocycles. The van der Waals surface area contributed by atoms with E-state index in [-0.39, 0.29) is 35.8 Å². The van der Waals surface area contributed by atoms with Crippen LogP contribution in [0.4, 0.5) is 0 Å². The lowest BCUT2D eigenvalue weighted by Crippen LogP contribution is -2.55. The van der Waals surface area contributed by atoms with Crippen LogP contribution >= 0.6 is 0 Å². The van der Waals surface area contributed by atoms with E-state index in [0.29, 0.717) is 13.0 Å². The van der Waals surface area contributed by atoms with Crippen molar-refractivity contribution >= 4 is 38.4 Å². The highest BCUT2D eigenvalue weighted by Crippen LogP contribution is 2.28. The Morgan fingerprint density at radius 1 is 1.15 bits per heavy atom. The molecule has 3 atom stereocenters. The van der Waals surface area contributed by atoms with E-state index in [2.05, 4.69) is 15.4 Å². The van der Waals surface area contributed by atoms with Crippen LogP contribution in [0.5, 0.6) is 0 Å². The lowest BCUT2D eigenvalue weighted by molar-refractivity contribution is -0.136. The van der Waals surface area contributed by atoms with E-state index in [0.717, 1.165) is 43.0 Å². The monoisotopic (exact) mass is 558 g/mol. The summed E-state index contributed by atoms with van der Waals surface area (Å²) in [5.74, 6) is -1.34. The maximum absolute atomic E-state index is 13.7. The molecule has 0 radical (unpaired) electrons. The molecule has 1 aliphatic carbocycles. The van der Waals surface area contributed by atoms with Gasteiger partial charge in [-0.05, 0) is 67.5 Å². The van der Waals surface area contributed by atoms with Gasteiger partial charge in [-0.1, -0.05) is 30.3 Å². The summed E-state index contributed by atoms with van der Waals surface area (Å²) in [7, 11) is -4.17. The normalized spacial score (nSPS) is 19.3. The fourth-order valence-electron chi connectivity index (χ4n) is 5.10. The molecule has 4 rings (SSSR count). The van der Waals surface area contributed by atoms with Crippen molar-refractivity contribution in [1.29, 1.82) is 5.41 Å². The summed E-state index contributed by atoms with van der Waals surface area (Å²) in [6, 6.07) is 9.92. The molecule has 0 spiro atoms. The molecule has 0 bridgehead atoms. The first-order valence-corrected chi connectivity index (χ1v) is 14.9. The molecule has 1 heterocycles. The van der Waals surface area contributed by atoms with E-state index >= 15 is 0 Å². The SMILES string of the molecule is N=C(N)[C@@H](NC(=O)C[C@H](NS(=O)(=O)c1ccc2ccccc2c1)C(=O)N(CCCO)C1CC1)C1CCCNC1. The molecule has 7 N–H and O–H groups in total. The molecule has 11 nitrogen and oxygen atoms in total. The van der Waals surface area contributed by atoms with Gasteiger partial charge in [0.15, 0.2) is 0 Å². The first kappa shape index (κ1) is 28.9. The van der Waals surface area contributed by atoms with Crippen molar-refractivity contribution in [2.75, 3.05) is 26.2 Å². The molecule has 212 valence electrons. The van der Waals surface area contributed by atoms with Gasteiger partial charge in [0.2, 0.25) is 21.8 Å². The minimum absolute atomic E-state index is 0.0115. The number of carbonyl (C=O) groups is 2. The van der Waals surface area contributed by atoms with Crippen molar-refractivity contribution in [3.8, 4) is 0 Å². The molecule has 2 amide bonds. The van der Waals surface area contributed by atoms with Gasteiger partial charge >= 0.3 is 0 Å². The predicted molar refractivity (Wildman–Crippen MR) is 149 cm³/mol. The van der Waals surface area contributed by atoms with Crippen LogP contribution in [0.2, 0.25) is 0 Å². The molecule has 39 heavy (non-hydrogen) atoms. The second-order valence-electron chi connectivity index (χ2n) is 10.3. The fourth-order valence-corrected chi connectivity index (χ4v) is 6.32. The zero-order chi connectivity index (χ0) is 28.0. The summed E-state index contributed by atoms with van der Waals surface area (Å²) in [5.41, 5.74) is 5.81. The number of hydrogen-bond acceptors (Lipinski definition) is 7. The first-order chi connectivity index (χ1) is 18.7. The maximum Gasteiger partial charge on any atom is 0.241 e. The van der Waals surface area contributed by atoms with Crippen LogP contribution in [0.1, 0.15) is 38.5 Å². The summed E-state index contributed by atoms with van der Waals surface area (Å²) >= 11 is 0. The number of aliphatic hydroxyl groups is 1. The number of hydrogen-bond donors (Lipinski definition) is 6. The maximum atomic E-state index is 13.7. The molecule has 1 saturated carbocycles. The van der Waals surface area contributed by atoms with Crippen LogP contribution in [0.25, 0.3) is 10.8 Å². The number of fused-ring (bicyclic) bond motifs is 1. The number of nitrogens with zero attached hydrogens (tertiary/aromatic N) is 1. The smallest absolute Gasteiger partial charge is 0.241 e. The number of aliphatic hydroxyl groups excluding tert-OH is 1. The third-order valence-corrected chi connectivity index (χ3v) is 8.77. The number of amides is 2. The second-order valence-corrected chi connectivity index (χ2v) is 12.0. The van der Waals surface area contributed by atoms with E-state index in [1.807, 2.05) is 18.2 Å². The van der Waals surface area contributed by atoms with Crippen LogP contribution in [-0.4, -0.2) is 80.4 Å². The highest BCUT2D eigenvalue weighted by atomic mass is 32.2. The van der Waals surface area contributed by atoms with Crippen molar-refractivity contribution in [2.24, 2.45) is 11.7 Å². The van der Waals surface area contributed by atoms with Crippen molar-refractivity contribution in [2.45, 2.75) is 61.5 Å². The summed E-state index contributed by atoms with van der Waals surface area (Å²) in [4.78, 5) is 28.4. The molecule has 2 aromatic carbocycles. The lowest BCUT2D eigenvalue weighted by atomic mass is 9.91. The number of nitrogens with one attached hydrogen (secondary N) is 4. The number of rotatable bonds is 13. The number of carbonyl (C=O) groups excluding carboxylic acids is 2. The fraction of sp³-hybridized carbons (Fsp3) is 0.519. The zero-order valence-corrected chi connectivity index (χ0v) is 22.8. The van der Waals surface area contributed by atoms with Crippen LogP contribution in [0.15, 0.2) is 47.4 Å². The average molecular weight is 559 g/mol. The number of sulfonamides is 1. The van der Waals surface area contributed by atoms with Crippen LogP contribution in [-0.2, 0) is 19.6 Å². The third kappa shape index (κ3) is 7.53. The molecular formula is C27H38N6O5S. The van der Waals surface area contributed by atoms with Gasteiger partial charge in [-0.15, -0.1) is 0 Å². The summed E-state index contributed by atoms with van der Waals surface area (Å²) < 4.78 is 29.4. The van der Waals surface area contributed by atoms with E-state index < -0.39 is 40.3 Å². The van der Waals surface area contributed by atoms with Gasteiger partial charge in [0.05, 0.1) is 17.4 Å². The average Bonchev–Trinajstić information content (AvgIpc) is 3.77. The Labute approximate surface area is 229 Å². The van der Waals surface area contributed by atoms with Gasteiger partial charge in [0.1, 0.15) is 11.9 Å². The van der Waals surface area contributed by atoms with Gasteiger partial charge in [-0.3, -0.25) is 15.0 Å². The minimum Gasteiger partial charge on any atom is -0.396 e. The molecule has 1 aliphatic heterocycles. The Morgan fingerprint density at radius 2 is 1.90 bits per heavy atom. The Bertz CT molecular complexity index is 1290. The Kier molecular flexibility index (Phi) is 9.54. The van der Waals surface area contributed by atoms with Crippen molar-refractivity contribution in [3.05, 3.63) is 42.5 Å². The second kappa shape index (κ2) is 12.9. The standard InChI is InChI=1S/C27H38N6O5S/c28-26(29)25(20-7-3-12-30-17-20)31-24(35)16-23(27(36)33(13-4-14-34)21-9-10-21)32-39(37,38)22-11-8-18-5-1-2-6-19(18)15-22/h1-2,5-6,8,11,15,20-21,23,25,30,32,34H,3-4,7,9-10,12-14,16-17H2,(H3,28,29)(H,31,35)/t20?,23-,25-/m0/s1. The largest absolute Gasteiger partial charge is 0.396 e. The van der Waals surface area contributed by atoms with Crippen LogP contribution in [0, 0.1) is 11.3 Å². The number of amidine groups is 1. The van der Waals surface area contributed by atoms with Gasteiger partial charge in [-0.2, -0.15) is 4.72 Å². The Morgan fingerprint density at radius 3 is 2.54 bits per heavy atom. The highest BCUT2D eigenvalue weighted by Gasteiger charge is 2.38. The molecule has 2 fully saturated rings. The van der Waals surface area contributed by atoms with E-state index in [1.54, 1.807) is 17.0 Å². The highest BCUT2D eigenvalue weighted by molar-refractivity contribution is 7.89. The summed E-state index contributed by atoms with van der Waals surface area (Å²) in [6.45, 7) is 1.60. The Hall–Kier alpha value is -3.06. The van der Waals surface area contributed by atoms with Gasteiger partial charge in [-0.25, -0.2) is 8.42 Å². The third-order valence-electron chi connectivity index (χ3n) is 7.30. The summed E-state index contributed by atoms with van der Waals surface area (Å²) in [5, 5.41) is 25.0. The number of nitrogens with two attached hydrogens (primary N) is 1. The van der Waals surface area contributed by atoms with Crippen molar-refractivity contribution in [3.63, 3.8) is 0 Å². The number of benzene rings is 2. The van der Waals surface area contributed by atoms with E-state index in [4.69, 9.17) is 11.1 Å². The van der Waals surface area contributed by atoms with Gasteiger partial charge < -0.3 is 26.4 Å².